The smallest absolute Gasteiger partial charge is 0.126 e. The number of hydrogen-bond acceptors (Lipinski definition) is 1. The third-order valence-corrected chi connectivity index (χ3v) is 2.73. The van der Waals surface area contributed by atoms with Gasteiger partial charge in [-0.2, -0.15) is 0 Å². The Hall–Kier alpha value is -2.28. The van der Waals surface area contributed by atoms with Gasteiger partial charge in [0.2, 0.25) is 0 Å². The van der Waals surface area contributed by atoms with Gasteiger partial charge in [0.15, 0.2) is 0 Å². The van der Waals surface area contributed by atoms with Crippen molar-refractivity contribution < 1.29 is 4.74 Å². The Balaban J connectivity index is 2.20. The molecule has 0 atom stereocenters. The Labute approximate surface area is 108 Å². The van der Waals surface area contributed by atoms with Crippen LogP contribution in [0.1, 0.15) is 11.1 Å². The molecular formula is C17H16O. The van der Waals surface area contributed by atoms with Crippen molar-refractivity contribution >= 4 is 11.6 Å². The Morgan fingerprint density at radius 1 is 1.00 bits per heavy atom. The topological polar surface area (TPSA) is 9.23 Å². The molecule has 0 saturated carbocycles. The molecule has 0 amide bonds. The van der Waals surface area contributed by atoms with Crippen molar-refractivity contribution in [2.24, 2.45) is 0 Å². The van der Waals surface area contributed by atoms with E-state index in [-0.39, 0.29) is 0 Å². The molecule has 0 aromatic heterocycles. The van der Waals surface area contributed by atoms with Crippen molar-refractivity contribution in [3.05, 3.63) is 78.4 Å². The van der Waals surface area contributed by atoms with E-state index in [1.54, 1.807) is 7.11 Å². The van der Waals surface area contributed by atoms with Crippen molar-refractivity contribution in [3.63, 3.8) is 0 Å². The summed E-state index contributed by atoms with van der Waals surface area (Å²) in [4.78, 5) is 0. The number of hydrogen-bond donors (Lipinski definition) is 0. The lowest BCUT2D eigenvalue weighted by Crippen LogP contribution is -1.88. The lowest BCUT2D eigenvalue weighted by atomic mass is 10.0. The maximum absolute atomic E-state index is 5.32. The molecule has 2 rings (SSSR count). The Morgan fingerprint density at radius 2 is 1.67 bits per heavy atom. The molecular weight excluding hydrogens is 220 g/mol. The highest BCUT2D eigenvalue weighted by molar-refractivity contribution is 5.80. The second-order valence-corrected chi connectivity index (χ2v) is 3.97. The summed E-state index contributed by atoms with van der Waals surface area (Å²) in [6.45, 7) is 4.08. The fourth-order valence-electron chi connectivity index (χ4n) is 1.76. The molecule has 0 fully saturated rings. The highest BCUT2D eigenvalue weighted by Crippen LogP contribution is 2.25. The van der Waals surface area contributed by atoms with Crippen LogP contribution in [0, 0.1) is 0 Å². The van der Waals surface area contributed by atoms with Crippen LogP contribution in [0.25, 0.3) is 11.6 Å². The molecule has 2 aromatic rings. The van der Waals surface area contributed by atoms with Crippen molar-refractivity contribution in [1.29, 1.82) is 0 Å². The lowest BCUT2D eigenvalue weighted by molar-refractivity contribution is 0.413. The largest absolute Gasteiger partial charge is 0.496 e. The minimum atomic E-state index is 0.847. The summed E-state index contributed by atoms with van der Waals surface area (Å²) in [6.07, 6.45) is 4.06. The predicted octanol–water partition coefficient (Wildman–Crippen LogP) is 4.42. The van der Waals surface area contributed by atoms with E-state index in [4.69, 9.17) is 4.74 Å². The van der Waals surface area contributed by atoms with Crippen LogP contribution in [-0.2, 0) is 0 Å². The molecule has 0 heterocycles. The zero-order chi connectivity index (χ0) is 12.8. The molecule has 2 aromatic carbocycles. The molecule has 0 aliphatic carbocycles. The fourth-order valence-corrected chi connectivity index (χ4v) is 1.76. The highest BCUT2D eigenvalue weighted by atomic mass is 16.5. The lowest BCUT2D eigenvalue weighted by Gasteiger charge is -2.07. The summed E-state index contributed by atoms with van der Waals surface area (Å²) in [6, 6.07) is 18.1. The van der Waals surface area contributed by atoms with Gasteiger partial charge in [0, 0.05) is 5.56 Å². The summed E-state index contributed by atoms with van der Waals surface area (Å²) >= 11 is 0. The van der Waals surface area contributed by atoms with E-state index in [2.05, 4.69) is 24.8 Å². The first-order valence-electron chi connectivity index (χ1n) is 5.86. The van der Waals surface area contributed by atoms with Crippen LogP contribution >= 0.6 is 0 Å². The van der Waals surface area contributed by atoms with Gasteiger partial charge in [-0.25, -0.2) is 0 Å². The number of para-hydroxylation sites is 1. The first-order chi connectivity index (χ1) is 8.81. The highest BCUT2D eigenvalue weighted by Gasteiger charge is 2.02. The minimum absolute atomic E-state index is 0.847. The summed E-state index contributed by atoms with van der Waals surface area (Å²) < 4.78 is 5.32. The molecule has 0 aliphatic heterocycles. The molecule has 0 aliphatic rings. The molecule has 0 spiro atoms. The van der Waals surface area contributed by atoms with E-state index in [1.165, 1.54) is 0 Å². The molecule has 0 radical (unpaired) electrons. The van der Waals surface area contributed by atoms with Gasteiger partial charge >= 0.3 is 0 Å². The van der Waals surface area contributed by atoms with Crippen LogP contribution in [0.4, 0.5) is 0 Å². The van der Waals surface area contributed by atoms with Gasteiger partial charge in [0.05, 0.1) is 7.11 Å². The first-order valence-corrected chi connectivity index (χ1v) is 5.86. The monoisotopic (exact) mass is 236 g/mol. The maximum atomic E-state index is 5.32. The van der Waals surface area contributed by atoms with Gasteiger partial charge in [-0.15, -0.1) is 0 Å². The summed E-state index contributed by atoms with van der Waals surface area (Å²) in [5.41, 5.74) is 3.12. The van der Waals surface area contributed by atoms with Crippen molar-refractivity contribution in [3.8, 4) is 5.75 Å². The molecule has 1 nitrogen and oxygen atoms in total. The third kappa shape index (κ3) is 2.89. The minimum Gasteiger partial charge on any atom is -0.496 e. The zero-order valence-corrected chi connectivity index (χ0v) is 10.5. The molecule has 18 heavy (non-hydrogen) atoms. The molecule has 0 saturated heterocycles. The number of ether oxygens (including phenoxy) is 1. The van der Waals surface area contributed by atoms with Crippen molar-refractivity contribution in [2.75, 3.05) is 7.11 Å². The summed E-state index contributed by atoms with van der Waals surface area (Å²) in [7, 11) is 1.67. The Morgan fingerprint density at radius 3 is 2.39 bits per heavy atom. The Kier molecular flexibility index (Phi) is 3.98. The number of benzene rings is 2. The molecule has 0 bridgehead atoms. The van der Waals surface area contributed by atoms with E-state index >= 15 is 0 Å². The quantitative estimate of drug-likeness (QED) is 0.714. The van der Waals surface area contributed by atoms with Crippen molar-refractivity contribution in [2.45, 2.75) is 0 Å². The SMILES string of the molecule is C=C(/C=C/c1ccccc1)c1ccccc1OC. The number of methoxy groups -OCH3 is 1. The molecule has 0 N–H and O–H groups in total. The second kappa shape index (κ2) is 5.87. The van der Waals surface area contributed by atoms with E-state index in [0.29, 0.717) is 0 Å². The van der Waals surface area contributed by atoms with Crippen LogP contribution in [0.5, 0.6) is 5.75 Å². The second-order valence-electron chi connectivity index (χ2n) is 3.97. The van der Waals surface area contributed by atoms with Crippen LogP contribution in [0.3, 0.4) is 0 Å². The van der Waals surface area contributed by atoms with Crippen molar-refractivity contribution in [1.82, 2.24) is 0 Å². The van der Waals surface area contributed by atoms with E-state index in [0.717, 1.165) is 22.4 Å². The van der Waals surface area contributed by atoms with Crippen LogP contribution < -0.4 is 4.74 Å². The van der Waals surface area contributed by atoms with E-state index < -0.39 is 0 Å². The first kappa shape index (κ1) is 12.2. The van der Waals surface area contributed by atoms with Gasteiger partial charge in [0.1, 0.15) is 5.75 Å². The molecule has 0 unspecified atom stereocenters. The average Bonchev–Trinajstić information content (AvgIpc) is 2.45. The summed E-state index contributed by atoms with van der Waals surface area (Å²) in [5.74, 6) is 0.847. The van der Waals surface area contributed by atoms with Gasteiger partial charge < -0.3 is 4.74 Å². The standard InChI is InChI=1S/C17H16O/c1-14(12-13-15-8-4-3-5-9-15)16-10-6-7-11-17(16)18-2/h3-13H,1H2,2H3/b13-12+. The van der Waals surface area contributed by atoms with E-state index in [1.807, 2.05) is 48.5 Å². The predicted molar refractivity (Wildman–Crippen MR) is 77.5 cm³/mol. The van der Waals surface area contributed by atoms with Crippen LogP contribution in [0.15, 0.2) is 67.3 Å². The van der Waals surface area contributed by atoms with Crippen LogP contribution in [0.2, 0.25) is 0 Å². The molecule has 90 valence electrons. The van der Waals surface area contributed by atoms with Gasteiger partial charge in [-0.05, 0) is 17.2 Å². The average molecular weight is 236 g/mol. The molecule has 1 heteroatoms. The zero-order valence-electron chi connectivity index (χ0n) is 10.5. The van der Waals surface area contributed by atoms with Crippen LogP contribution in [-0.4, -0.2) is 7.11 Å². The Bertz CT molecular complexity index is 553. The van der Waals surface area contributed by atoms with E-state index in [9.17, 15) is 0 Å². The fraction of sp³-hybridized carbons (Fsp3) is 0.0588. The summed E-state index contributed by atoms with van der Waals surface area (Å²) in [5, 5.41) is 0. The maximum Gasteiger partial charge on any atom is 0.126 e. The number of rotatable bonds is 4. The van der Waals surface area contributed by atoms with Gasteiger partial charge in [0.25, 0.3) is 0 Å². The third-order valence-electron chi connectivity index (χ3n) is 2.73. The van der Waals surface area contributed by atoms with Gasteiger partial charge in [-0.1, -0.05) is 67.3 Å². The number of allylic oxidation sites excluding steroid dienone is 2. The van der Waals surface area contributed by atoms with Gasteiger partial charge in [-0.3, -0.25) is 0 Å². The normalized spacial score (nSPS) is 10.5.